The first-order valence-corrected chi connectivity index (χ1v) is 4.69. The molecular formula is C10H16N2O. The van der Waals surface area contributed by atoms with Crippen molar-refractivity contribution in [2.75, 3.05) is 0 Å². The van der Waals surface area contributed by atoms with Crippen LogP contribution < -0.4 is 5.32 Å². The molecule has 13 heavy (non-hydrogen) atoms. The van der Waals surface area contributed by atoms with Gasteiger partial charge >= 0.3 is 0 Å². The van der Waals surface area contributed by atoms with Crippen LogP contribution in [-0.4, -0.2) is 11.9 Å². The summed E-state index contributed by atoms with van der Waals surface area (Å²) < 4.78 is 0. The van der Waals surface area contributed by atoms with Gasteiger partial charge in [0.2, 0.25) is 5.91 Å². The Balaban J connectivity index is 2.51. The summed E-state index contributed by atoms with van der Waals surface area (Å²) in [5, 5.41) is 11.2. The number of nitrogens with zero attached hydrogens (tertiary/aromatic N) is 1. The lowest BCUT2D eigenvalue weighted by molar-refractivity contribution is -0.130. The first kappa shape index (κ1) is 10.0. The fourth-order valence-electron chi connectivity index (χ4n) is 1.41. The molecule has 0 saturated heterocycles. The molecular weight excluding hydrogens is 164 g/mol. The maximum atomic E-state index is 11.7. The zero-order chi connectivity index (χ0) is 10.1. The van der Waals surface area contributed by atoms with E-state index in [2.05, 4.69) is 5.32 Å². The van der Waals surface area contributed by atoms with Crippen molar-refractivity contribution in [2.24, 2.45) is 11.3 Å². The third-order valence-corrected chi connectivity index (χ3v) is 2.72. The molecule has 0 aromatic heterocycles. The van der Waals surface area contributed by atoms with E-state index in [1.807, 2.05) is 19.9 Å². The highest BCUT2D eigenvalue weighted by molar-refractivity contribution is 5.83. The lowest BCUT2D eigenvalue weighted by Gasteiger charge is -2.23. The molecule has 1 rings (SSSR count). The zero-order valence-corrected chi connectivity index (χ0v) is 8.42. The van der Waals surface area contributed by atoms with Gasteiger partial charge in [0.15, 0.2) is 0 Å². The molecule has 0 aromatic rings. The number of hydrogen-bond acceptors (Lipinski definition) is 2. The molecule has 1 unspecified atom stereocenters. The van der Waals surface area contributed by atoms with Crippen molar-refractivity contribution in [1.29, 1.82) is 5.26 Å². The SMILES string of the molecule is CC(C#N)NC(=O)C(C)(C)C1CC1. The molecule has 0 aromatic carbocycles. The summed E-state index contributed by atoms with van der Waals surface area (Å²) in [5.41, 5.74) is -0.300. The van der Waals surface area contributed by atoms with Crippen LogP contribution in [0.4, 0.5) is 0 Å². The van der Waals surface area contributed by atoms with Crippen LogP contribution >= 0.6 is 0 Å². The Morgan fingerprint density at radius 2 is 2.15 bits per heavy atom. The van der Waals surface area contributed by atoms with Crippen molar-refractivity contribution in [3.8, 4) is 6.07 Å². The lowest BCUT2D eigenvalue weighted by Crippen LogP contribution is -2.42. The first-order valence-electron chi connectivity index (χ1n) is 4.69. The Hall–Kier alpha value is -1.04. The second-order valence-corrected chi connectivity index (χ2v) is 4.32. The predicted octanol–water partition coefficient (Wildman–Crippen LogP) is 1.45. The summed E-state index contributed by atoms with van der Waals surface area (Å²) in [6.45, 7) is 5.59. The highest BCUT2D eigenvalue weighted by atomic mass is 16.2. The van der Waals surface area contributed by atoms with Gasteiger partial charge in [0.25, 0.3) is 0 Å². The van der Waals surface area contributed by atoms with E-state index in [0.29, 0.717) is 5.92 Å². The molecule has 72 valence electrons. The van der Waals surface area contributed by atoms with Crippen LogP contribution in [0.15, 0.2) is 0 Å². The Bertz CT molecular complexity index is 248. The number of hydrogen-bond donors (Lipinski definition) is 1. The van der Waals surface area contributed by atoms with Crippen LogP contribution in [0.2, 0.25) is 0 Å². The number of carbonyl (C=O) groups is 1. The summed E-state index contributed by atoms with van der Waals surface area (Å²) in [7, 11) is 0. The second-order valence-electron chi connectivity index (χ2n) is 4.32. The van der Waals surface area contributed by atoms with Gasteiger partial charge in [0.05, 0.1) is 6.07 Å². The molecule has 0 bridgehead atoms. The van der Waals surface area contributed by atoms with Gasteiger partial charge in [0.1, 0.15) is 6.04 Å². The monoisotopic (exact) mass is 180 g/mol. The van der Waals surface area contributed by atoms with E-state index in [0.717, 1.165) is 12.8 Å². The molecule has 0 heterocycles. The molecule has 1 amide bonds. The molecule has 3 nitrogen and oxygen atoms in total. The molecule has 0 radical (unpaired) electrons. The summed E-state index contributed by atoms with van der Waals surface area (Å²) in [4.78, 5) is 11.7. The van der Waals surface area contributed by atoms with Gasteiger partial charge in [-0.25, -0.2) is 0 Å². The summed E-state index contributed by atoms with van der Waals surface area (Å²) in [6.07, 6.45) is 2.28. The number of nitrogens with one attached hydrogen (secondary N) is 1. The molecule has 0 spiro atoms. The average molecular weight is 180 g/mol. The van der Waals surface area contributed by atoms with Crippen molar-refractivity contribution < 1.29 is 4.79 Å². The summed E-state index contributed by atoms with van der Waals surface area (Å²) >= 11 is 0. The molecule has 1 fully saturated rings. The lowest BCUT2D eigenvalue weighted by atomic mass is 9.86. The molecule has 1 aliphatic rings. The summed E-state index contributed by atoms with van der Waals surface area (Å²) in [5.74, 6) is 0.516. The summed E-state index contributed by atoms with van der Waals surface area (Å²) in [6, 6.07) is 1.61. The van der Waals surface area contributed by atoms with E-state index in [-0.39, 0.29) is 17.4 Å². The van der Waals surface area contributed by atoms with Crippen molar-refractivity contribution in [3.05, 3.63) is 0 Å². The highest BCUT2D eigenvalue weighted by Gasteiger charge is 2.43. The normalized spacial score (nSPS) is 18.9. The van der Waals surface area contributed by atoms with Crippen molar-refractivity contribution >= 4 is 5.91 Å². The van der Waals surface area contributed by atoms with Crippen molar-refractivity contribution in [2.45, 2.75) is 39.7 Å². The Morgan fingerprint density at radius 1 is 1.62 bits per heavy atom. The maximum Gasteiger partial charge on any atom is 0.226 e. The average Bonchev–Trinajstić information content (AvgIpc) is 2.86. The number of carbonyl (C=O) groups excluding carboxylic acids is 1. The van der Waals surface area contributed by atoms with Gasteiger partial charge in [-0.1, -0.05) is 13.8 Å². The Morgan fingerprint density at radius 3 is 2.54 bits per heavy atom. The van der Waals surface area contributed by atoms with E-state index >= 15 is 0 Å². The van der Waals surface area contributed by atoms with Crippen LogP contribution in [-0.2, 0) is 4.79 Å². The fraction of sp³-hybridized carbons (Fsp3) is 0.800. The van der Waals surface area contributed by atoms with E-state index in [1.54, 1.807) is 6.92 Å². The van der Waals surface area contributed by atoms with Crippen molar-refractivity contribution in [1.82, 2.24) is 5.32 Å². The van der Waals surface area contributed by atoms with E-state index < -0.39 is 0 Å². The van der Waals surface area contributed by atoms with Gasteiger partial charge < -0.3 is 5.32 Å². The largest absolute Gasteiger partial charge is 0.340 e. The van der Waals surface area contributed by atoms with Gasteiger partial charge in [-0.3, -0.25) is 4.79 Å². The zero-order valence-electron chi connectivity index (χ0n) is 8.42. The smallest absolute Gasteiger partial charge is 0.226 e. The van der Waals surface area contributed by atoms with Crippen molar-refractivity contribution in [3.63, 3.8) is 0 Å². The molecule has 1 N–H and O–H groups in total. The van der Waals surface area contributed by atoms with Gasteiger partial charge in [-0.05, 0) is 25.7 Å². The minimum Gasteiger partial charge on any atom is -0.340 e. The van der Waals surface area contributed by atoms with Crippen LogP contribution in [0.5, 0.6) is 0 Å². The minimum atomic E-state index is -0.384. The molecule has 1 saturated carbocycles. The predicted molar refractivity (Wildman–Crippen MR) is 49.7 cm³/mol. The van der Waals surface area contributed by atoms with Gasteiger partial charge in [-0.15, -0.1) is 0 Å². The highest BCUT2D eigenvalue weighted by Crippen LogP contribution is 2.45. The molecule has 1 aliphatic carbocycles. The van der Waals surface area contributed by atoms with Crippen LogP contribution in [0.3, 0.4) is 0 Å². The third kappa shape index (κ3) is 2.21. The van der Waals surface area contributed by atoms with Gasteiger partial charge in [-0.2, -0.15) is 5.26 Å². The Labute approximate surface area is 79.1 Å². The van der Waals surface area contributed by atoms with E-state index in [4.69, 9.17) is 5.26 Å². The quantitative estimate of drug-likeness (QED) is 0.714. The van der Waals surface area contributed by atoms with Crippen LogP contribution in [0.1, 0.15) is 33.6 Å². The molecule has 0 aliphatic heterocycles. The maximum absolute atomic E-state index is 11.7. The van der Waals surface area contributed by atoms with Crippen LogP contribution in [0, 0.1) is 22.7 Å². The number of nitriles is 1. The fourth-order valence-corrected chi connectivity index (χ4v) is 1.41. The first-order chi connectivity index (χ1) is 5.98. The molecule has 3 heteroatoms. The van der Waals surface area contributed by atoms with Gasteiger partial charge in [0, 0.05) is 5.41 Å². The Kier molecular flexibility index (Phi) is 2.60. The second kappa shape index (κ2) is 3.37. The van der Waals surface area contributed by atoms with Crippen LogP contribution in [0.25, 0.3) is 0 Å². The minimum absolute atomic E-state index is 0.00375. The number of amides is 1. The topological polar surface area (TPSA) is 52.9 Å². The molecule has 1 atom stereocenters. The third-order valence-electron chi connectivity index (χ3n) is 2.72. The van der Waals surface area contributed by atoms with E-state index in [1.165, 1.54) is 0 Å². The number of rotatable bonds is 3. The van der Waals surface area contributed by atoms with E-state index in [9.17, 15) is 4.79 Å². The standard InChI is InChI=1S/C10H16N2O/c1-7(6-11)12-9(13)10(2,3)8-4-5-8/h7-8H,4-5H2,1-3H3,(H,12,13).